The van der Waals surface area contributed by atoms with E-state index in [-0.39, 0.29) is 23.5 Å². The van der Waals surface area contributed by atoms with Crippen LogP contribution in [0.15, 0.2) is 57.9 Å². The molecule has 0 saturated carbocycles. The molecular formula is C22H20ClF3N4O4. The summed E-state index contributed by atoms with van der Waals surface area (Å²) in [6.07, 6.45) is -2.69. The number of aryl methyl sites for hydroxylation is 1. The number of aromatic nitrogens is 2. The average molecular weight is 497 g/mol. The lowest BCUT2D eigenvalue weighted by atomic mass is 10.2. The van der Waals surface area contributed by atoms with Gasteiger partial charge in [0.25, 0.3) is 11.5 Å². The molecule has 0 saturated heterocycles. The van der Waals surface area contributed by atoms with Crippen molar-refractivity contribution < 1.29 is 27.2 Å². The first kappa shape index (κ1) is 25.0. The maximum Gasteiger partial charge on any atom is 0.417 e. The van der Waals surface area contributed by atoms with E-state index >= 15 is 0 Å². The number of alkyl halides is 3. The van der Waals surface area contributed by atoms with E-state index in [1.165, 1.54) is 24.5 Å². The Bertz CT molecular complexity index is 1230. The van der Waals surface area contributed by atoms with Gasteiger partial charge >= 0.3 is 6.18 Å². The quantitative estimate of drug-likeness (QED) is 0.504. The summed E-state index contributed by atoms with van der Waals surface area (Å²) in [5.41, 5.74) is -1.69. The minimum absolute atomic E-state index is 0.0711. The van der Waals surface area contributed by atoms with Gasteiger partial charge in [0, 0.05) is 18.3 Å². The Morgan fingerprint density at radius 2 is 1.97 bits per heavy atom. The lowest BCUT2D eigenvalue weighted by Crippen LogP contribution is -2.39. The molecule has 1 N–H and O–H groups in total. The fourth-order valence-electron chi connectivity index (χ4n) is 3.08. The van der Waals surface area contributed by atoms with E-state index in [9.17, 15) is 27.6 Å². The summed E-state index contributed by atoms with van der Waals surface area (Å²) in [6.45, 7) is 1.52. The molecule has 180 valence electrons. The fourth-order valence-corrected chi connectivity index (χ4v) is 3.31. The molecule has 2 amide bonds. The first-order valence-corrected chi connectivity index (χ1v) is 10.5. The maximum atomic E-state index is 13.1. The summed E-state index contributed by atoms with van der Waals surface area (Å²) in [5, 5.41) is 5.90. The van der Waals surface area contributed by atoms with E-state index in [1.54, 1.807) is 12.1 Å². The van der Waals surface area contributed by atoms with Gasteiger partial charge < -0.3 is 14.6 Å². The molecule has 0 fully saturated rings. The average Bonchev–Trinajstić information content (AvgIpc) is 3.28. The fraction of sp³-hybridized carbons (Fsp3) is 0.273. The minimum Gasteiger partial charge on any atom is -0.467 e. The number of nitrogens with one attached hydrogen (secondary N) is 1. The van der Waals surface area contributed by atoms with Crippen LogP contribution in [0.5, 0.6) is 0 Å². The summed E-state index contributed by atoms with van der Waals surface area (Å²) in [5.74, 6) is -1.05. The van der Waals surface area contributed by atoms with Gasteiger partial charge in [0.15, 0.2) is 0 Å². The Labute approximate surface area is 196 Å². The van der Waals surface area contributed by atoms with Crippen LogP contribution in [0, 0.1) is 0 Å². The van der Waals surface area contributed by atoms with E-state index < -0.39 is 35.1 Å². The Hall–Kier alpha value is -3.60. The molecule has 2 aromatic heterocycles. The Kier molecular flexibility index (Phi) is 7.77. The van der Waals surface area contributed by atoms with Gasteiger partial charge in [0.2, 0.25) is 5.91 Å². The SMILES string of the molecule is CCCn1nc(C(=O)N(CC(=O)Nc2ccc(Cl)c(C(F)(F)F)c2)Cc2ccco2)ccc1=O. The third-order valence-electron chi connectivity index (χ3n) is 4.63. The van der Waals surface area contributed by atoms with Crippen molar-refractivity contribution in [2.24, 2.45) is 0 Å². The van der Waals surface area contributed by atoms with E-state index in [4.69, 9.17) is 16.0 Å². The van der Waals surface area contributed by atoms with Crippen LogP contribution in [0.3, 0.4) is 0 Å². The third kappa shape index (κ3) is 6.25. The highest BCUT2D eigenvalue weighted by Crippen LogP contribution is 2.36. The number of hydrogen-bond acceptors (Lipinski definition) is 5. The standard InChI is InChI=1S/C22H20ClF3N4O4/c1-2-9-30-20(32)8-7-18(28-30)21(33)29(12-15-4-3-10-34-15)13-19(31)27-14-5-6-17(23)16(11-14)22(24,25)26/h3-8,10-11H,2,9,12-13H2,1H3,(H,27,31). The number of rotatable bonds is 8. The predicted molar refractivity (Wildman–Crippen MR) is 117 cm³/mol. The summed E-state index contributed by atoms with van der Waals surface area (Å²) < 4.78 is 45.7. The van der Waals surface area contributed by atoms with Crippen LogP contribution in [0.25, 0.3) is 0 Å². The monoisotopic (exact) mass is 496 g/mol. The lowest BCUT2D eigenvalue weighted by Gasteiger charge is -2.21. The van der Waals surface area contributed by atoms with Crippen LogP contribution in [0.2, 0.25) is 5.02 Å². The largest absolute Gasteiger partial charge is 0.467 e. The third-order valence-corrected chi connectivity index (χ3v) is 4.95. The lowest BCUT2D eigenvalue weighted by molar-refractivity contribution is -0.137. The summed E-state index contributed by atoms with van der Waals surface area (Å²) in [7, 11) is 0. The molecule has 0 unspecified atom stereocenters. The smallest absolute Gasteiger partial charge is 0.417 e. The van der Waals surface area contributed by atoms with Gasteiger partial charge in [-0.3, -0.25) is 14.4 Å². The van der Waals surface area contributed by atoms with E-state index in [1.807, 2.05) is 6.92 Å². The second kappa shape index (κ2) is 10.6. The van der Waals surface area contributed by atoms with Crippen molar-refractivity contribution in [1.82, 2.24) is 14.7 Å². The van der Waals surface area contributed by atoms with Crippen LogP contribution in [-0.4, -0.2) is 33.0 Å². The van der Waals surface area contributed by atoms with Crippen molar-refractivity contribution in [1.29, 1.82) is 0 Å². The normalized spacial score (nSPS) is 11.3. The van der Waals surface area contributed by atoms with Gasteiger partial charge in [-0.2, -0.15) is 18.3 Å². The molecule has 0 aliphatic heterocycles. The molecule has 8 nitrogen and oxygen atoms in total. The van der Waals surface area contributed by atoms with Gasteiger partial charge in [-0.1, -0.05) is 18.5 Å². The number of nitrogens with zero attached hydrogens (tertiary/aromatic N) is 3. The van der Waals surface area contributed by atoms with E-state index in [0.29, 0.717) is 24.8 Å². The van der Waals surface area contributed by atoms with Crippen LogP contribution in [0.1, 0.15) is 35.2 Å². The summed E-state index contributed by atoms with van der Waals surface area (Å²) >= 11 is 5.61. The van der Waals surface area contributed by atoms with Crippen molar-refractivity contribution in [3.63, 3.8) is 0 Å². The molecule has 0 radical (unpaired) electrons. The first-order chi connectivity index (χ1) is 16.1. The molecule has 0 bridgehead atoms. The number of benzene rings is 1. The number of anilines is 1. The molecule has 34 heavy (non-hydrogen) atoms. The van der Waals surface area contributed by atoms with Crippen LogP contribution in [-0.2, 0) is 24.1 Å². The number of halogens is 4. The number of amides is 2. The van der Waals surface area contributed by atoms with Crippen LogP contribution >= 0.6 is 11.6 Å². The number of hydrogen-bond donors (Lipinski definition) is 1. The molecule has 12 heteroatoms. The van der Waals surface area contributed by atoms with Gasteiger partial charge in [0.1, 0.15) is 18.0 Å². The zero-order valence-electron chi connectivity index (χ0n) is 17.9. The number of carbonyl (C=O) groups is 2. The van der Waals surface area contributed by atoms with E-state index in [2.05, 4.69) is 10.4 Å². The zero-order valence-corrected chi connectivity index (χ0v) is 18.7. The van der Waals surface area contributed by atoms with Crippen LogP contribution in [0.4, 0.5) is 18.9 Å². The molecule has 0 atom stereocenters. The van der Waals surface area contributed by atoms with Crippen molar-refractivity contribution in [3.8, 4) is 0 Å². The number of furan rings is 1. The molecule has 0 spiro atoms. The first-order valence-electron chi connectivity index (χ1n) is 10.1. The molecule has 3 aromatic rings. The molecular weight excluding hydrogens is 477 g/mol. The highest BCUT2D eigenvalue weighted by molar-refractivity contribution is 6.31. The highest BCUT2D eigenvalue weighted by atomic mass is 35.5. The van der Waals surface area contributed by atoms with Crippen molar-refractivity contribution in [2.75, 3.05) is 11.9 Å². The Morgan fingerprint density at radius 1 is 1.21 bits per heavy atom. The second-order valence-corrected chi connectivity index (χ2v) is 7.67. The van der Waals surface area contributed by atoms with Crippen molar-refractivity contribution >= 4 is 29.1 Å². The predicted octanol–water partition coefficient (Wildman–Crippen LogP) is 4.20. The second-order valence-electron chi connectivity index (χ2n) is 7.26. The topological polar surface area (TPSA) is 97.4 Å². The van der Waals surface area contributed by atoms with Gasteiger partial charge in [-0.05, 0) is 42.8 Å². The summed E-state index contributed by atoms with van der Waals surface area (Å²) in [4.78, 5) is 38.8. The highest BCUT2D eigenvalue weighted by Gasteiger charge is 2.33. The number of carbonyl (C=O) groups excluding carboxylic acids is 2. The zero-order chi connectivity index (χ0) is 24.9. The summed E-state index contributed by atoms with van der Waals surface area (Å²) in [6, 6.07) is 8.60. The van der Waals surface area contributed by atoms with Gasteiger partial charge in [-0.15, -0.1) is 0 Å². The molecule has 0 aliphatic carbocycles. The molecule has 1 aromatic carbocycles. The minimum atomic E-state index is -4.70. The molecule has 3 rings (SSSR count). The van der Waals surface area contributed by atoms with Crippen molar-refractivity contribution in [3.05, 3.63) is 81.1 Å². The van der Waals surface area contributed by atoms with Crippen molar-refractivity contribution in [2.45, 2.75) is 32.6 Å². The maximum absolute atomic E-state index is 13.1. The van der Waals surface area contributed by atoms with Crippen LogP contribution < -0.4 is 10.9 Å². The Balaban J connectivity index is 1.83. The molecule has 0 aliphatic rings. The Morgan fingerprint density at radius 3 is 2.62 bits per heavy atom. The van der Waals surface area contributed by atoms with Gasteiger partial charge in [0.05, 0.1) is 23.4 Å². The van der Waals surface area contributed by atoms with Gasteiger partial charge in [-0.25, -0.2) is 4.68 Å². The van der Waals surface area contributed by atoms with E-state index in [0.717, 1.165) is 15.6 Å². The molecule has 2 heterocycles.